The highest BCUT2D eigenvalue weighted by atomic mass is 32.1. The van der Waals surface area contributed by atoms with Crippen molar-refractivity contribution < 1.29 is 0 Å². The predicted octanol–water partition coefficient (Wildman–Crippen LogP) is 4.01. The van der Waals surface area contributed by atoms with Crippen LogP contribution in [0.1, 0.15) is 50.5 Å². The molecule has 0 bridgehead atoms. The zero-order chi connectivity index (χ0) is 13.8. The molecule has 103 valence electrons. The van der Waals surface area contributed by atoms with Gasteiger partial charge in [-0.25, -0.2) is 0 Å². The van der Waals surface area contributed by atoms with Gasteiger partial charge in [-0.05, 0) is 55.6 Å². The van der Waals surface area contributed by atoms with Crippen LogP contribution in [0.4, 0.5) is 5.69 Å². The minimum atomic E-state index is 0.307. The van der Waals surface area contributed by atoms with E-state index < -0.39 is 0 Å². The van der Waals surface area contributed by atoms with Crippen molar-refractivity contribution in [2.75, 3.05) is 4.90 Å². The van der Waals surface area contributed by atoms with E-state index in [9.17, 15) is 0 Å². The number of benzene rings is 1. The average Bonchev–Trinajstić information content (AvgIpc) is 2.40. The summed E-state index contributed by atoms with van der Waals surface area (Å²) < 4.78 is 0. The quantitative estimate of drug-likeness (QED) is 0.845. The largest absolute Gasteiger partial charge is 0.376 e. The minimum absolute atomic E-state index is 0.307. The van der Waals surface area contributed by atoms with Crippen LogP contribution >= 0.6 is 12.2 Å². The first kappa shape index (κ1) is 14.3. The van der Waals surface area contributed by atoms with Crippen molar-refractivity contribution in [3.05, 3.63) is 36.8 Å². The van der Waals surface area contributed by atoms with Gasteiger partial charge in [0, 0.05) is 11.7 Å². The third-order valence-corrected chi connectivity index (χ3v) is 4.11. The highest BCUT2D eigenvalue weighted by Crippen LogP contribution is 2.28. The molecule has 2 N–H and O–H groups in total. The lowest BCUT2D eigenvalue weighted by Gasteiger charge is -2.35. The molecule has 1 atom stereocenters. The van der Waals surface area contributed by atoms with Gasteiger partial charge in [0.25, 0.3) is 0 Å². The fraction of sp³-hybridized carbons (Fsp3) is 0.500. The van der Waals surface area contributed by atoms with Crippen molar-refractivity contribution in [1.29, 1.82) is 0 Å². The van der Waals surface area contributed by atoms with Gasteiger partial charge in [0.05, 0.1) is 0 Å². The van der Waals surface area contributed by atoms with Crippen molar-refractivity contribution in [3.8, 4) is 0 Å². The molecule has 3 heteroatoms. The zero-order valence-electron chi connectivity index (χ0n) is 11.6. The fourth-order valence-electron chi connectivity index (χ4n) is 2.82. The van der Waals surface area contributed by atoms with Gasteiger partial charge in [-0.3, -0.25) is 0 Å². The van der Waals surface area contributed by atoms with Crippen LogP contribution in [0.25, 0.3) is 0 Å². The standard InChI is InChI=1S/C16H23N2S/c1-12(2)13-8-10-15(11-9-13)18(16(17)19)14-6-4-3-5-7-14/h8-12,14H,1,3-7H2,2H3,(H2,17,19). The molecule has 2 nitrogen and oxygen atoms in total. The average molecular weight is 275 g/mol. The van der Waals surface area contributed by atoms with Crippen LogP contribution in [0, 0.1) is 6.92 Å². The molecule has 1 saturated carbocycles. The van der Waals surface area contributed by atoms with E-state index in [0.717, 1.165) is 5.69 Å². The lowest BCUT2D eigenvalue weighted by atomic mass is 9.93. The normalized spacial score (nSPS) is 16.6. The van der Waals surface area contributed by atoms with Gasteiger partial charge in [-0.1, -0.05) is 38.3 Å². The summed E-state index contributed by atoms with van der Waals surface area (Å²) in [5.41, 5.74) is 8.30. The Morgan fingerprint density at radius 1 is 1.26 bits per heavy atom. The van der Waals surface area contributed by atoms with Gasteiger partial charge >= 0.3 is 0 Å². The zero-order valence-corrected chi connectivity index (χ0v) is 12.5. The Hall–Kier alpha value is -1.09. The third-order valence-electron chi connectivity index (χ3n) is 3.92. The Bertz CT molecular complexity index is 419. The number of nitrogens with two attached hydrogens (primary N) is 1. The summed E-state index contributed by atoms with van der Waals surface area (Å²) in [6.07, 6.45) is 6.25. The maximum Gasteiger partial charge on any atom is 0.171 e. The van der Waals surface area contributed by atoms with Crippen LogP contribution in [0.3, 0.4) is 0 Å². The molecule has 1 unspecified atom stereocenters. The third kappa shape index (κ3) is 3.47. The number of anilines is 1. The van der Waals surface area contributed by atoms with Gasteiger partial charge in [-0.2, -0.15) is 0 Å². The van der Waals surface area contributed by atoms with Crippen LogP contribution < -0.4 is 10.6 Å². The van der Waals surface area contributed by atoms with Crippen molar-refractivity contribution >= 4 is 23.0 Å². The van der Waals surface area contributed by atoms with E-state index in [1.54, 1.807) is 0 Å². The first-order valence-corrected chi connectivity index (χ1v) is 7.52. The summed E-state index contributed by atoms with van der Waals surface area (Å²) in [6, 6.07) is 8.95. The van der Waals surface area contributed by atoms with E-state index in [0.29, 0.717) is 17.1 Å². The van der Waals surface area contributed by atoms with Crippen molar-refractivity contribution in [2.45, 2.75) is 51.0 Å². The molecular weight excluding hydrogens is 252 g/mol. The van der Waals surface area contributed by atoms with E-state index in [1.807, 2.05) is 0 Å². The second-order valence-corrected chi connectivity index (χ2v) is 5.91. The molecule has 1 aromatic rings. The summed E-state index contributed by atoms with van der Waals surface area (Å²) in [4.78, 5) is 2.13. The lowest BCUT2D eigenvalue weighted by Crippen LogP contribution is -2.44. The van der Waals surface area contributed by atoms with Gasteiger partial charge < -0.3 is 10.6 Å². The summed E-state index contributed by atoms with van der Waals surface area (Å²) in [5, 5.41) is 0.488. The van der Waals surface area contributed by atoms with E-state index in [4.69, 9.17) is 18.0 Å². The maximum absolute atomic E-state index is 5.94. The number of hydrogen-bond acceptors (Lipinski definition) is 1. The van der Waals surface area contributed by atoms with Crippen LogP contribution in [-0.2, 0) is 0 Å². The maximum atomic E-state index is 5.94. The SMILES string of the molecule is [CH2]C(C)c1ccc(N(C(N)=S)C2CCCCC2)cc1. The Labute approximate surface area is 122 Å². The Kier molecular flexibility index (Phi) is 4.81. The Morgan fingerprint density at radius 2 is 1.84 bits per heavy atom. The summed E-state index contributed by atoms with van der Waals surface area (Å²) >= 11 is 5.26. The summed E-state index contributed by atoms with van der Waals surface area (Å²) in [5.74, 6) is 0.307. The van der Waals surface area contributed by atoms with Crippen LogP contribution in [0.15, 0.2) is 24.3 Å². The molecule has 0 amide bonds. The molecule has 0 saturated heterocycles. The number of thiocarbonyl (C=S) groups is 1. The van der Waals surface area contributed by atoms with Crippen molar-refractivity contribution in [3.63, 3.8) is 0 Å². The monoisotopic (exact) mass is 275 g/mol. The molecule has 1 aromatic carbocycles. The molecule has 1 radical (unpaired) electrons. The van der Waals surface area contributed by atoms with Crippen molar-refractivity contribution in [2.24, 2.45) is 5.73 Å². The van der Waals surface area contributed by atoms with Crippen LogP contribution in [-0.4, -0.2) is 11.2 Å². The predicted molar refractivity (Wildman–Crippen MR) is 86.4 cm³/mol. The number of rotatable bonds is 3. The van der Waals surface area contributed by atoms with E-state index in [2.05, 4.69) is 43.0 Å². The lowest BCUT2D eigenvalue weighted by molar-refractivity contribution is 0.440. The number of hydrogen-bond donors (Lipinski definition) is 1. The van der Waals surface area contributed by atoms with Crippen LogP contribution in [0.2, 0.25) is 0 Å². The first-order valence-electron chi connectivity index (χ1n) is 7.11. The fourth-order valence-corrected chi connectivity index (χ4v) is 3.08. The number of nitrogens with zero attached hydrogens (tertiary/aromatic N) is 1. The Balaban J connectivity index is 2.20. The Morgan fingerprint density at radius 3 is 2.32 bits per heavy atom. The molecule has 1 fully saturated rings. The molecule has 1 aliphatic rings. The molecule has 0 aliphatic heterocycles. The first-order chi connectivity index (χ1) is 9.09. The summed E-state index contributed by atoms with van der Waals surface area (Å²) in [7, 11) is 0. The highest BCUT2D eigenvalue weighted by Gasteiger charge is 2.23. The molecule has 0 aromatic heterocycles. The highest BCUT2D eigenvalue weighted by molar-refractivity contribution is 7.80. The van der Waals surface area contributed by atoms with E-state index in [1.165, 1.54) is 37.7 Å². The topological polar surface area (TPSA) is 29.3 Å². The molecular formula is C16H23N2S. The second kappa shape index (κ2) is 6.38. The van der Waals surface area contributed by atoms with Crippen LogP contribution in [0.5, 0.6) is 0 Å². The molecule has 0 spiro atoms. The van der Waals surface area contributed by atoms with Crippen molar-refractivity contribution in [1.82, 2.24) is 0 Å². The second-order valence-electron chi connectivity index (χ2n) is 5.49. The van der Waals surface area contributed by atoms with E-state index in [-0.39, 0.29) is 0 Å². The molecule has 2 rings (SSSR count). The van der Waals surface area contributed by atoms with Gasteiger partial charge in [0.1, 0.15) is 0 Å². The molecule has 19 heavy (non-hydrogen) atoms. The minimum Gasteiger partial charge on any atom is -0.376 e. The van der Waals surface area contributed by atoms with Gasteiger partial charge in [0.15, 0.2) is 5.11 Å². The van der Waals surface area contributed by atoms with E-state index >= 15 is 0 Å². The molecule has 0 heterocycles. The smallest absolute Gasteiger partial charge is 0.171 e. The summed E-state index contributed by atoms with van der Waals surface area (Å²) in [6.45, 7) is 6.14. The van der Waals surface area contributed by atoms with Gasteiger partial charge in [-0.15, -0.1) is 0 Å². The van der Waals surface area contributed by atoms with Gasteiger partial charge in [0.2, 0.25) is 0 Å². The molecule has 1 aliphatic carbocycles.